The van der Waals surface area contributed by atoms with E-state index in [0.717, 1.165) is 16.3 Å². The molecule has 2 rings (SSSR count). The Hall–Kier alpha value is -1.35. The van der Waals surface area contributed by atoms with Gasteiger partial charge in [0.25, 0.3) is 0 Å². The largest absolute Gasteiger partial charge is 0.224 e. The molecule has 2 aromatic rings. The smallest absolute Gasteiger partial charge is 0.176 e. The van der Waals surface area contributed by atoms with Crippen LogP contribution >= 0.6 is 0 Å². The first-order chi connectivity index (χ1) is 9.21. The molecule has 0 spiro atoms. The molecule has 2 nitrogen and oxygen atoms in total. The summed E-state index contributed by atoms with van der Waals surface area (Å²) < 4.78 is 24.1. The fourth-order valence-electron chi connectivity index (χ4n) is 2.55. The lowest BCUT2D eigenvalue weighted by atomic mass is 9.90. The van der Waals surface area contributed by atoms with E-state index in [1.807, 2.05) is 12.1 Å². The molecule has 0 amide bonds. The maximum atomic E-state index is 12.0. The summed E-state index contributed by atoms with van der Waals surface area (Å²) in [6, 6.07) is 9.81. The van der Waals surface area contributed by atoms with Crippen LogP contribution in [-0.2, 0) is 9.84 Å². The molecule has 0 N–H and O–H groups in total. The van der Waals surface area contributed by atoms with Crippen molar-refractivity contribution < 1.29 is 8.42 Å². The fraction of sp³-hybridized carbons (Fsp3) is 0.412. The summed E-state index contributed by atoms with van der Waals surface area (Å²) in [6.07, 6.45) is 1.28. The highest BCUT2D eigenvalue weighted by atomic mass is 32.2. The van der Waals surface area contributed by atoms with E-state index in [4.69, 9.17) is 0 Å². The Morgan fingerprint density at radius 2 is 1.60 bits per heavy atom. The first-order valence-corrected chi connectivity index (χ1v) is 8.87. The van der Waals surface area contributed by atoms with E-state index in [1.165, 1.54) is 11.8 Å². The maximum Gasteiger partial charge on any atom is 0.176 e. The summed E-state index contributed by atoms with van der Waals surface area (Å²) in [7, 11) is -3.22. The third-order valence-electron chi connectivity index (χ3n) is 3.68. The van der Waals surface area contributed by atoms with Crippen molar-refractivity contribution in [2.75, 3.05) is 6.26 Å². The first kappa shape index (κ1) is 15.0. The molecular weight excluding hydrogens is 268 g/mol. The van der Waals surface area contributed by atoms with Gasteiger partial charge in [-0.1, -0.05) is 52.0 Å². The van der Waals surface area contributed by atoms with E-state index in [2.05, 4.69) is 39.8 Å². The summed E-state index contributed by atoms with van der Waals surface area (Å²) in [6.45, 7) is 8.53. The topological polar surface area (TPSA) is 34.1 Å². The molecule has 20 heavy (non-hydrogen) atoms. The Morgan fingerprint density at radius 3 is 2.10 bits per heavy atom. The minimum absolute atomic E-state index is 0.291. The Bertz CT molecular complexity index is 741. The van der Waals surface area contributed by atoms with Crippen LogP contribution in [-0.4, -0.2) is 14.7 Å². The van der Waals surface area contributed by atoms with Crippen molar-refractivity contribution in [1.29, 1.82) is 0 Å². The standard InChI is InChI=1S/C17H22O2S/c1-11(2)14-9-13-7-6-8-16(20(5,18)19)17(13)15(10-14)12(3)4/h6-12H,1-5H3. The monoisotopic (exact) mass is 290 g/mol. The van der Waals surface area contributed by atoms with E-state index in [0.29, 0.717) is 16.7 Å². The SMILES string of the molecule is CC(C)c1cc(C(C)C)c2c(S(C)(=O)=O)cccc2c1. The fourth-order valence-corrected chi connectivity index (χ4v) is 3.48. The van der Waals surface area contributed by atoms with Crippen LogP contribution in [0.1, 0.15) is 50.7 Å². The molecular formula is C17H22O2S. The molecule has 0 heterocycles. The Kier molecular flexibility index (Phi) is 3.92. The van der Waals surface area contributed by atoms with E-state index in [-0.39, 0.29) is 0 Å². The van der Waals surface area contributed by atoms with Crippen LogP contribution in [0.15, 0.2) is 35.2 Å². The minimum Gasteiger partial charge on any atom is -0.224 e. The van der Waals surface area contributed by atoms with Crippen LogP contribution in [0.25, 0.3) is 10.8 Å². The quantitative estimate of drug-likeness (QED) is 0.834. The minimum atomic E-state index is -3.22. The van der Waals surface area contributed by atoms with E-state index < -0.39 is 9.84 Å². The molecule has 0 radical (unpaired) electrons. The zero-order valence-electron chi connectivity index (χ0n) is 12.8. The molecule has 0 atom stereocenters. The van der Waals surface area contributed by atoms with Crippen molar-refractivity contribution in [1.82, 2.24) is 0 Å². The van der Waals surface area contributed by atoms with Crippen LogP contribution in [0.3, 0.4) is 0 Å². The van der Waals surface area contributed by atoms with Crippen molar-refractivity contribution in [3.63, 3.8) is 0 Å². The van der Waals surface area contributed by atoms with Crippen molar-refractivity contribution >= 4 is 20.6 Å². The highest BCUT2D eigenvalue weighted by Crippen LogP contribution is 2.34. The van der Waals surface area contributed by atoms with Gasteiger partial charge in [0, 0.05) is 11.6 Å². The van der Waals surface area contributed by atoms with Gasteiger partial charge in [-0.15, -0.1) is 0 Å². The van der Waals surface area contributed by atoms with Gasteiger partial charge in [0.05, 0.1) is 4.90 Å². The van der Waals surface area contributed by atoms with Crippen molar-refractivity contribution in [2.45, 2.75) is 44.4 Å². The third kappa shape index (κ3) is 2.73. The molecule has 0 aromatic heterocycles. The number of rotatable bonds is 3. The van der Waals surface area contributed by atoms with E-state index in [9.17, 15) is 8.42 Å². The van der Waals surface area contributed by atoms with Crippen molar-refractivity contribution in [3.05, 3.63) is 41.5 Å². The molecule has 0 aliphatic carbocycles. The normalized spacial score (nSPS) is 12.6. The average Bonchev–Trinajstić information content (AvgIpc) is 2.35. The van der Waals surface area contributed by atoms with Gasteiger partial charge in [0.15, 0.2) is 9.84 Å². The van der Waals surface area contributed by atoms with Crippen molar-refractivity contribution in [2.24, 2.45) is 0 Å². The third-order valence-corrected chi connectivity index (χ3v) is 4.82. The van der Waals surface area contributed by atoms with Crippen LogP contribution in [0.4, 0.5) is 0 Å². The van der Waals surface area contributed by atoms with E-state index in [1.54, 1.807) is 6.07 Å². The Balaban J connectivity index is 2.95. The molecule has 0 fully saturated rings. The number of benzene rings is 2. The second-order valence-corrected chi connectivity index (χ2v) is 8.03. The first-order valence-electron chi connectivity index (χ1n) is 6.98. The Labute approximate surface area is 121 Å². The summed E-state index contributed by atoms with van der Waals surface area (Å²) in [5.74, 6) is 0.720. The van der Waals surface area contributed by atoms with Crippen molar-refractivity contribution in [3.8, 4) is 0 Å². The second kappa shape index (κ2) is 5.21. The highest BCUT2D eigenvalue weighted by molar-refractivity contribution is 7.91. The molecule has 0 bridgehead atoms. The predicted octanol–water partition coefficient (Wildman–Crippen LogP) is 4.49. The highest BCUT2D eigenvalue weighted by Gasteiger charge is 2.17. The molecule has 3 heteroatoms. The maximum absolute atomic E-state index is 12.0. The zero-order valence-corrected chi connectivity index (χ0v) is 13.6. The number of hydrogen-bond donors (Lipinski definition) is 0. The second-order valence-electron chi connectivity index (χ2n) is 6.05. The summed E-state index contributed by atoms with van der Waals surface area (Å²) in [5, 5.41) is 1.90. The van der Waals surface area contributed by atoms with Gasteiger partial charge in [-0.25, -0.2) is 8.42 Å². The van der Waals surface area contributed by atoms with Gasteiger partial charge in [-0.05, 0) is 34.4 Å². The molecule has 108 valence electrons. The molecule has 0 saturated carbocycles. The van der Waals surface area contributed by atoms with Crippen LogP contribution in [0.5, 0.6) is 0 Å². The van der Waals surface area contributed by atoms with Crippen LogP contribution < -0.4 is 0 Å². The van der Waals surface area contributed by atoms with Gasteiger partial charge >= 0.3 is 0 Å². The van der Waals surface area contributed by atoms with Gasteiger partial charge in [-0.3, -0.25) is 0 Å². The lowest BCUT2D eigenvalue weighted by molar-refractivity contribution is 0.602. The molecule has 0 saturated heterocycles. The average molecular weight is 290 g/mol. The summed E-state index contributed by atoms with van der Waals surface area (Å²) in [5.41, 5.74) is 2.37. The number of fused-ring (bicyclic) bond motifs is 1. The summed E-state index contributed by atoms with van der Waals surface area (Å²) in [4.78, 5) is 0.439. The number of hydrogen-bond acceptors (Lipinski definition) is 2. The van der Waals surface area contributed by atoms with Gasteiger partial charge < -0.3 is 0 Å². The van der Waals surface area contributed by atoms with Crippen LogP contribution in [0.2, 0.25) is 0 Å². The lowest BCUT2D eigenvalue weighted by Gasteiger charge is -2.17. The molecule has 0 aliphatic heterocycles. The van der Waals surface area contributed by atoms with E-state index >= 15 is 0 Å². The number of sulfone groups is 1. The molecule has 2 aromatic carbocycles. The van der Waals surface area contributed by atoms with Gasteiger partial charge in [0.1, 0.15) is 0 Å². The summed E-state index contributed by atoms with van der Waals surface area (Å²) >= 11 is 0. The predicted molar refractivity (Wildman–Crippen MR) is 85.2 cm³/mol. The molecule has 0 aliphatic rings. The van der Waals surface area contributed by atoms with Gasteiger partial charge in [-0.2, -0.15) is 0 Å². The lowest BCUT2D eigenvalue weighted by Crippen LogP contribution is -2.02. The van der Waals surface area contributed by atoms with Crippen LogP contribution in [0, 0.1) is 0 Å². The molecule has 0 unspecified atom stereocenters. The zero-order chi connectivity index (χ0) is 15.1. The van der Waals surface area contributed by atoms with Gasteiger partial charge in [0.2, 0.25) is 0 Å². The Morgan fingerprint density at radius 1 is 0.950 bits per heavy atom.